The zero-order chi connectivity index (χ0) is 27.7. The van der Waals surface area contributed by atoms with Crippen molar-refractivity contribution in [2.45, 2.75) is 68.7 Å². The Kier molecular flexibility index (Phi) is 8.24. The van der Waals surface area contributed by atoms with Crippen molar-refractivity contribution in [1.82, 2.24) is 14.7 Å². The molecular weight excluding hydrogens is 510 g/mol. The fourth-order valence-electron chi connectivity index (χ4n) is 6.85. The molecule has 3 amide bonds. The lowest BCUT2D eigenvalue weighted by molar-refractivity contribution is -0.147. The van der Waals surface area contributed by atoms with Gasteiger partial charge in [0.05, 0.1) is 29.2 Å². The van der Waals surface area contributed by atoms with Crippen molar-refractivity contribution in [3.63, 3.8) is 0 Å². The molecule has 8 heteroatoms. The lowest BCUT2D eigenvalue weighted by Crippen LogP contribution is -2.57. The van der Waals surface area contributed by atoms with Gasteiger partial charge in [0.1, 0.15) is 6.04 Å². The first-order chi connectivity index (χ1) is 18.8. The van der Waals surface area contributed by atoms with Gasteiger partial charge in [-0.2, -0.15) is 0 Å². The number of hydrogen-bond acceptors (Lipinski definition) is 5. The molecule has 2 saturated heterocycles. The molecule has 2 fully saturated rings. The van der Waals surface area contributed by atoms with Gasteiger partial charge < -0.3 is 19.8 Å². The molecule has 210 valence electrons. The van der Waals surface area contributed by atoms with Crippen molar-refractivity contribution in [1.29, 1.82) is 0 Å². The van der Waals surface area contributed by atoms with E-state index in [9.17, 15) is 19.5 Å². The molecule has 4 aliphatic heterocycles. The summed E-state index contributed by atoms with van der Waals surface area (Å²) in [4.78, 5) is 48.4. The van der Waals surface area contributed by atoms with Gasteiger partial charge in [0.25, 0.3) is 0 Å². The number of hydrogen-bond donors (Lipinski definition) is 1. The lowest BCUT2D eigenvalue weighted by atomic mass is 9.78. The average molecular weight is 552 g/mol. The quantitative estimate of drug-likeness (QED) is 0.376. The number of fused-ring (bicyclic) bond motifs is 2. The van der Waals surface area contributed by atoms with Gasteiger partial charge in [0.2, 0.25) is 17.7 Å². The Morgan fingerprint density at radius 1 is 1.00 bits per heavy atom. The number of benzene rings is 1. The van der Waals surface area contributed by atoms with Crippen molar-refractivity contribution in [2.24, 2.45) is 17.8 Å². The minimum atomic E-state index is -0.846. The maximum absolute atomic E-state index is 14.5. The van der Waals surface area contributed by atoms with E-state index in [2.05, 4.69) is 19.1 Å². The van der Waals surface area contributed by atoms with E-state index in [1.54, 1.807) is 16.7 Å². The van der Waals surface area contributed by atoms with Crippen LogP contribution in [0.3, 0.4) is 0 Å². The summed E-state index contributed by atoms with van der Waals surface area (Å²) in [6, 6.07) is 8.68. The van der Waals surface area contributed by atoms with Crippen LogP contribution in [0, 0.1) is 17.8 Å². The fourth-order valence-corrected chi connectivity index (χ4v) is 8.85. The van der Waals surface area contributed by atoms with Crippen molar-refractivity contribution >= 4 is 29.5 Å². The van der Waals surface area contributed by atoms with Crippen LogP contribution in [0.1, 0.15) is 45.6 Å². The normalized spacial score (nSPS) is 30.9. The van der Waals surface area contributed by atoms with E-state index >= 15 is 0 Å². The molecule has 6 atom stereocenters. The Labute approximate surface area is 236 Å². The van der Waals surface area contributed by atoms with Crippen LogP contribution in [0.15, 0.2) is 54.6 Å². The Bertz CT molecular complexity index is 1140. The standard InChI is InChI=1S/C31H41N3O4S/c1-4-5-9-16-32-18-11-15-31-26(29(37)34(27(31)30(32)38)23(20-35)21(2)3)25-24(39-31)14-10-17-33(28(25)36)19-22-12-7-6-8-13-22/h6-8,10-15,21,23-27,35H,4-5,9,16-20H2,1-3H3/t23-,24+,25-,26-,27?,31-/m0/s1. The number of rotatable bonds is 9. The largest absolute Gasteiger partial charge is 0.394 e. The number of aliphatic hydroxyl groups is 1. The molecule has 0 bridgehead atoms. The predicted octanol–water partition coefficient (Wildman–Crippen LogP) is 3.49. The van der Waals surface area contributed by atoms with Gasteiger partial charge in [-0.15, -0.1) is 11.8 Å². The number of nitrogens with zero attached hydrogens (tertiary/aromatic N) is 3. The summed E-state index contributed by atoms with van der Waals surface area (Å²) in [7, 11) is 0. The highest BCUT2D eigenvalue weighted by molar-refractivity contribution is 8.02. The molecule has 1 N–H and O–H groups in total. The Hall–Kier alpha value is -2.58. The second kappa shape index (κ2) is 11.5. The minimum Gasteiger partial charge on any atom is -0.394 e. The Morgan fingerprint density at radius 2 is 1.74 bits per heavy atom. The molecule has 0 aromatic heterocycles. The number of aliphatic hydroxyl groups excluding tert-OH is 1. The summed E-state index contributed by atoms with van der Waals surface area (Å²) in [5.41, 5.74) is 1.04. The van der Waals surface area contributed by atoms with Gasteiger partial charge in [-0.3, -0.25) is 14.4 Å². The van der Waals surface area contributed by atoms with E-state index in [-0.39, 0.29) is 35.5 Å². The highest BCUT2D eigenvalue weighted by Crippen LogP contribution is 2.61. The van der Waals surface area contributed by atoms with Crippen LogP contribution in [0.4, 0.5) is 0 Å². The Morgan fingerprint density at radius 3 is 2.44 bits per heavy atom. The predicted molar refractivity (Wildman–Crippen MR) is 154 cm³/mol. The van der Waals surface area contributed by atoms with Crippen LogP contribution in [0.25, 0.3) is 0 Å². The third-order valence-corrected chi connectivity index (χ3v) is 10.6. The molecular formula is C31H41N3O4S. The van der Waals surface area contributed by atoms with Crippen LogP contribution < -0.4 is 0 Å². The summed E-state index contributed by atoms with van der Waals surface area (Å²) in [6.45, 7) is 7.98. The van der Waals surface area contributed by atoms with Crippen LogP contribution in [0.5, 0.6) is 0 Å². The zero-order valence-electron chi connectivity index (χ0n) is 23.2. The van der Waals surface area contributed by atoms with Crippen molar-refractivity contribution in [2.75, 3.05) is 26.2 Å². The van der Waals surface area contributed by atoms with Crippen LogP contribution in [0.2, 0.25) is 0 Å². The highest BCUT2D eigenvalue weighted by Gasteiger charge is 2.71. The number of amides is 3. The van der Waals surface area contributed by atoms with Crippen molar-refractivity contribution in [3.05, 3.63) is 60.2 Å². The SMILES string of the molecule is CCCCCN1CC=C[C@]23S[C@@H]4C=CCN(Cc5ccccc5)C(=O)[C@@H]4[C@H]2C(=O)N([C@@H](CO)C(C)C)C3C1=O. The summed E-state index contributed by atoms with van der Waals surface area (Å²) in [5.74, 6) is -1.53. The first kappa shape index (κ1) is 28.0. The van der Waals surface area contributed by atoms with E-state index in [0.717, 1.165) is 24.8 Å². The van der Waals surface area contributed by atoms with Crippen LogP contribution in [-0.4, -0.2) is 85.8 Å². The van der Waals surface area contributed by atoms with Gasteiger partial charge in [0, 0.05) is 31.4 Å². The van der Waals surface area contributed by atoms with Crippen LogP contribution in [-0.2, 0) is 20.9 Å². The second-order valence-corrected chi connectivity index (χ2v) is 13.1. The van der Waals surface area contributed by atoms with Crippen molar-refractivity contribution in [3.8, 4) is 0 Å². The van der Waals surface area contributed by atoms with Gasteiger partial charge in [-0.05, 0) is 17.9 Å². The first-order valence-electron chi connectivity index (χ1n) is 14.4. The van der Waals surface area contributed by atoms with Crippen LogP contribution >= 0.6 is 11.8 Å². The molecule has 7 nitrogen and oxygen atoms in total. The highest BCUT2D eigenvalue weighted by atomic mass is 32.2. The topological polar surface area (TPSA) is 81.2 Å². The lowest BCUT2D eigenvalue weighted by Gasteiger charge is -2.39. The Balaban J connectivity index is 1.55. The van der Waals surface area contributed by atoms with Gasteiger partial charge in [-0.1, -0.05) is 88.2 Å². The molecule has 1 spiro atoms. The number of unbranched alkanes of at least 4 members (excludes halogenated alkanes) is 2. The molecule has 1 aromatic carbocycles. The van der Waals surface area contributed by atoms with Crippen molar-refractivity contribution < 1.29 is 19.5 Å². The average Bonchev–Trinajstić information content (AvgIpc) is 3.24. The molecule has 0 radical (unpaired) electrons. The minimum absolute atomic E-state index is 0.0350. The fraction of sp³-hybridized carbons (Fsp3) is 0.581. The van der Waals surface area contributed by atoms with E-state index in [4.69, 9.17) is 0 Å². The number of thioether (sulfide) groups is 1. The number of carbonyl (C=O) groups is 3. The zero-order valence-corrected chi connectivity index (χ0v) is 24.1. The van der Waals surface area contributed by atoms with E-state index < -0.39 is 28.7 Å². The molecule has 4 aliphatic rings. The summed E-state index contributed by atoms with van der Waals surface area (Å²) >= 11 is 1.60. The summed E-state index contributed by atoms with van der Waals surface area (Å²) in [6.07, 6.45) is 11.2. The molecule has 0 saturated carbocycles. The molecule has 1 unspecified atom stereocenters. The second-order valence-electron chi connectivity index (χ2n) is 11.6. The molecule has 0 aliphatic carbocycles. The van der Waals surface area contributed by atoms with Gasteiger partial charge >= 0.3 is 0 Å². The smallest absolute Gasteiger partial charge is 0.247 e. The van der Waals surface area contributed by atoms with Gasteiger partial charge in [-0.25, -0.2) is 0 Å². The third kappa shape index (κ3) is 4.84. The number of carbonyl (C=O) groups excluding carboxylic acids is 3. The first-order valence-corrected chi connectivity index (χ1v) is 15.3. The molecule has 5 rings (SSSR count). The van der Waals surface area contributed by atoms with E-state index in [0.29, 0.717) is 26.2 Å². The maximum atomic E-state index is 14.5. The molecule has 39 heavy (non-hydrogen) atoms. The molecule has 1 aromatic rings. The third-order valence-electron chi connectivity index (χ3n) is 8.83. The maximum Gasteiger partial charge on any atom is 0.247 e. The van der Waals surface area contributed by atoms with E-state index in [1.807, 2.05) is 66.1 Å². The monoisotopic (exact) mass is 551 g/mol. The number of likely N-dealkylation sites (tertiary alicyclic amines) is 1. The molecule has 4 heterocycles. The summed E-state index contributed by atoms with van der Waals surface area (Å²) < 4.78 is -0.846. The van der Waals surface area contributed by atoms with E-state index in [1.165, 1.54) is 0 Å². The van der Waals surface area contributed by atoms with Gasteiger partial charge in [0.15, 0.2) is 0 Å². The summed E-state index contributed by atoms with van der Waals surface area (Å²) in [5, 5.41) is 10.2.